The number of carbonyl (C=O) groups excluding carboxylic acids is 2. The maximum atomic E-state index is 12.6. The summed E-state index contributed by atoms with van der Waals surface area (Å²) in [5.41, 5.74) is 2.06. The van der Waals surface area contributed by atoms with Crippen molar-refractivity contribution in [1.82, 2.24) is 5.32 Å². The van der Waals surface area contributed by atoms with Crippen LogP contribution in [0.15, 0.2) is 48.5 Å². The zero-order valence-corrected chi connectivity index (χ0v) is 14.7. The van der Waals surface area contributed by atoms with E-state index in [1.807, 2.05) is 45.0 Å². The number of benzene rings is 2. The Morgan fingerprint density at radius 2 is 1.62 bits per heavy atom. The van der Waals surface area contributed by atoms with Gasteiger partial charge in [0.25, 0.3) is 5.91 Å². The molecule has 5 heteroatoms. The molecule has 2 aromatic carbocycles. The largest absolute Gasteiger partial charge is 0.340 e. The summed E-state index contributed by atoms with van der Waals surface area (Å²) in [6.07, 6.45) is 0. The van der Waals surface area contributed by atoms with Gasteiger partial charge in [0.2, 0.25) is 5.91 Å². The average molecular weight is 345 g/mol. The van der Waals surface area contributed by atoms with Gasteiger partial charge in [0, 0.05) is 5.69 Å². The first-order valence-corrected chi connectivity index (χ1v) is 8.20. The lowest BCUT2D eigenvalue weighted by Crippen LogP contribution is -2.47. The van der Waals surface area contributed by atoms with Crippen LogP contribution in [0.5, 0.6) is 0 Å². The van der Waals surface area contributed by atoms with Gasteiger partial charge in [-0.2, -0.15) is 0 Å². The van der Waals surface area contributed by atoms with E-state index in [1.54, 1.807) is 24.3 Å². The second kappa shape index (κ2) is 7.97. The number of hydrogen-bond donors (Lipinski definition) is 2. The van der Waals surface area contributed by atoms with Crippen LogP contribution in [0, 0.1) is 12.8 Å². The maximum Gasteiger partial charge on any atom is 0.253 e. The molecule has 0 aliphatic heterocycles. The normalized spacial score (nSPS) is 11.9. The molecule has 0 fully saturated rings. The minimum atomic E-state index is -0.659. The molecule has 0 heterocycles. The average Bonchev–Trinajstić information content (AvgIpc) is 2.54. The Balaban J connectivity index is 2.15. The predicted octanol–water partition coefficient (Wildman–Crippen LogP) is 4.04. The van der Waals surface area contributed by atoms with Gasteiger partial charge in [-0.05, 0) is 36.6 Å². The fourth-order valence-electron chi connectivity index (χ4n) is 2.32. The minimum absolute atomic E-state index is 0.0690. The predicted molar refractivity (Wildman–Crippen MR) is 97.4 cm³/mol. The zero-order chi connectivity index (χ0) is 17.7. The summed E-state index contributed by atoms with van der Waals surface area (Å²) < 4.78 is 0. The van der Waals surface area contributed by atoms with Crippen LogP contribution < -0.4 is 10.6 Å². The van der Waals surface area contributed by atoms with Crippen LogP contribution in [0.25, 0.3) is 0 Å². The smallest absolute Gasteiger partial charge is 0.253 e. The summed E-state index contributed by atoms with van der Waals surface area (Å²) in [5, 5.41) is 6.01. The Morgan fingerprint density at radius 1 is 1.00 bits per heavy atom. The molecule has 0 aromatic heterocycles. The summed E-state index contributed by atoms with van der Waals surface area (Å²) in [6.45, 7) is 5.69. The van der Waals surface area contributed by atoms with Crippen molar-refractivity contribution < 1.29 is 9.59 Å². The first-order valence-electron chi connectivity index (χ1n) is 7.82. The lowest BCUT2D eigenvalue weighted by molar-refractivity contribution is -0.118. The Hall–Kier alpha value is -2.33. The molecule has 1 atom stereocenters. The molecule has 2 N–H and O–H groups in total. The van der Waals surface area contributed by atoms with Gasteiger partial charge in [-0.25, -0.2) is 0 Å². The third-order valence-electron chi connectivity index (χ3n) is 3.76. The Morgan fingerprint density at radius 3 is 2.25 bits per heavy atom. The maximum absolute atomic E-state index is 12.6. The highest BCUT2D eigenvalue weighted by atomic mass is 35.5. The number of halogens is 1. The van der Waals surface area contributed by atoms with Crippen LogP contribution in [-0.4, -0.2) is 17.9 Å². The molecule has 0 unspecified atom stereocenters. The van der Waals surface area contributed by atoms with E-state index in [4.69, 9.17) is 11.6 Å². The molecular formula is C19H21ClN2O2. The molecule has 0 spiro atoms. The zero-order valence-electron chi connectivity index (χ0n) is 14.0. The molecule has 4 nitrogen and oxygen atoms in total. The molecule has 0 saturated heterocycles. The molecule has 126 valence electrons. The Bertz CT molecular complexity index is 744. The standard InChI is InChI=1S/C19H21ClN2O2/c1-12(2)17(19(24)21-16-11-7-4-8-13(16)3)22-18(23)14-9-5-6-10-15(14)20/h4-12,17H,1-3H3,(H,21,24)(H,22,23)/t17-/m0/s1. The number of anilines is 1. The minimum Gasteiger partial charge on any atom is -0.340 e. The van der Waals surface area contributed by atoms with Gasteiger partial charge in [-0.3, -0.25) is 9.59 Å². The second-order valence-corrected chi connectivity index (χ2v) is 6.39. The first kappa shape index (κ1) is 18.0. The fourth-order valence-corrected chi connectivity index (χ4v) is 2.54. The van der Waals surface area contributed by atoms with Crippen molar-refractivity contribution in [3.05, 3.63) is 64.7 Å². The number of hydrogen-bond acceptors (Lipinski definition) is 2. The first-order chi connectivity index (χ1) is 11.4. The lowest BCUT2D eigenvalue weighted by Gasteiger charge is -2.22. The Labute approximate surface area is 147 Å². The highest BCUT2D eigenvalue weighted by Gasteiger charge is 2.25. The summed E-state index contributed by atoms with van der Waals surface area (Å²) >= 11 is 6.05. The molecule has 0 saturated carbocycles. The van der Waals surface area contributed by atoms with E-state index in [9.17, 15) is 9.59 Å². The third kappa shape index (κ3) is 4.36. The molecular weight excluding hydrogens is 324 g/mol. The molecule has 0 bridgehead atoms. The number of amides is 2. The number of carbonyl (C=O) groups is 2. The number of rotatable bonds is 5. The quantitative estimate of drug-likeness (QED) is 0.860. The Kier molecular flexibility index (Phi) is 5.99. The molecule has 24 heavy (non-hydrogen) atoms. The monoisotopic (exact) mass is 344 g/mol. The van der Waals surface area contributed by atoms with Crippen molar-refractivity contribution in [3.63, 3.8) is 0 Å². The van der Waals surface area contributed by atoms with Crippen LogP contribution in [-0.2, 0) is 4.79 Å². The third-order valence-corrected chi connectivity index (χ3v) is 4.09. The number of aryl methyl sites for hydroxylation is 1. The SMILES string of the molecule is Cc1ccccc1NC(=O)[C@@H](NC(=O)c1ccccc1Cl)C(C)C. The van der Waals surface area contributed by atoms with Gasteiger partial charge in [-0.15, -0.1) is 0 Å². The highest BCUT2D eigenvalue weighted by molar-refractivity contribution is 6.33. The number of nitrogens with one attached hydrogen (secondary N) is 2. The van der Waals surface area contributed by atoms with E-state index in [0.717, 1.165) is 11.3 Å². The van der Waals surface area contributed by atoms with E-state index < -0.39 is 6.04 Å². The van der Waals surface area contributed by atoms with Crippen LogP contribution in [0.2, 0.25) is 5.02 Å². The molecule has 2 amide bonds. The van der Waals surface area contributed by atoms with Crippen molar-refractivity contribution in [2.24, 2.45) is 5.92 Å². The summed E-state index contributed by atoms with van der Waals surface area (Å²) in [5.74, 6) is -0.681. The summed E-state index contributed by atoms with van der Waals surface area (Å²) in [4.78, 5) is 25.0. The second-order valence-electron chi connectivity index (χ2n) is 5.98. The van der Waals surface area contributed by atoms with Crippen molar-refractivity contribution in [2.45, 2.75) is 26.8 Å². The van der Waals surface area contributed by atoms with Gasteiger partial charge in [-0.1, -0.05) is 55.8 Å². The topological polar surface area (TPSA) is 58.2 Å². The van der Waals surface area contributed by atoms with E-state index in [0.29, 0.717) is 10.6 Å². The molecule has 2 aromatic rings. The fraction of sp³-hybridized carbons (Fsp3) is 0.263. The van der Waals surface area contributed by atoms with Crippen LogP contribution in [0.3, 0.4) is 0 Å². The van der Waals surface area contributed by atoms with Gasteiger partial charge < -0.3 is 10.6 Å². The van der Waals surface area contributed by atoms with Gasteiger partial charge in [0.1, 0.15) is 6.04 Å². The van der Waals surface area contributed by atoms with Crippen LogP contribution in [0.4, 0.5) is 5.69 Å². The van der Waals surface area contributed by atoms with Crippen molar-refractivity contribution in [1.29, 1.82) is 0 Å². The van der Waals surface area contributed by atoms with Gasteiger partial charge in [0.05, 0.1) is 10.6 Å². The van der Waals surface area contributed by atoms with E-state index >= 15 is 0 Å². The van der Waals surface area contributed by atoms with Crippen LogP contribution >= 0.6 is 11.6 Å². The molecule has 0 aliphatic rings. The molecule has 2 rings (SSSR count). The highest BCUT2D eigenvalue weighted by Crippen LogP contribution is 2.17. The number of para-hydroxylation sites is 1. The van der Waals surface area contributed by atoms with Crippen LogP contribution in [0.1, 0.15) is 29.8 Å². The van der Waals surface area contributed by atoms with Crippen molar-refractivity contribution in [3.8, 4) is 0 Å². The van der Waals surface area contributed by atoms with E-state index in [2.05, 4.69) is 10.6 Å². The van der Waals surface area contributed by atoms with Crippen molar-refractivity contribution >= 4 is 29.1 Å². The lowest BCUT2D eigenvalue weighted by atomic mass is 10.0. The summed E-state index contributed by atoms with van der Waals surface area (Å²) in [7, 11) is 0. The van der Waals surface area contributed by atoms with E-state index in [-0.39, 0.29) is 17.7 Å². The molecule has 0 radical (unpaired) electrons. The molecule has 0 aliphatic carbocycles. The summed E-state index contributed by atoms with van der Waals surface area (Å²) in [6, 6.07) is 13.6. The van der Waals surface area contributed by atoms with Gasteiger partial charge >= 0.3 is 0 Å². The van der Waals surface area contributed by atoms with Crippen molar-refractivity contribution in [2.75, 3.05) is 5.32 Å². The van der Waals surface area contributed by atoms with Gasteiger partial charge in [0.15, 0.2) is 0 Å². The van der Waals surface area contributed by atoms with E-state index in [1.165, 1.54) is 0 Å².